The molecule has 0 atom stereocenters. The number of nitro benzene ring substituents is 1. The van der Waals surface area contributed by atoms with Crippen molar-refractivity contribution in [3.63, 3.8) is 0 Å². The smallest absolute Gasteiger partial charge is 0.269 e. The number of nitriles is 1. The second kappa shape index (κ2) is 12.4. The molecule has 1 heterocycles. The van der Waals surface area contributed by atoms with Crippen molar-refractivity contribution < 1.29 is 14.5 Å². The number of hydrogen-bond donors (Lipinski definition) is 0. The summed E-state index contributed by atoms with van der Waals surface area (Å²) in [7, 11) is 0. The molecule has 1 amide bonds. The molecule has 0 aliphatic carbocycles. The molecule has 3 aromatic rings. The summed E-state index contributed by atoms with van der Waals surface area (Å²) in [6.07, 6.45) is 3.90. The lowest BCUT2D eigenvalue weighted by atomic mass is 10.0. The SMILES string of the molecule is C=CCc1cc(/C=C(/C#N)C(=O)N2CCN(c3ccccc3)CC2)ccc1OCc1ccc([N+](=O)[O-])cc1. The van der Waals surface area contributed by atoms with E-state index in [-0.39, 0.29) is 23.8 Å². The van der Waals surface area contributed by atoms with Crippen molar-refractivity contribution in [2.24, 2.45) is 0 Å². The first-order chi connectivity index (χ1) is 18.5. The quantitative estimate of drug-likeness (QED) is 0.130. The summed E-state index contributed by atoms with van der Waals surface area (Å²) in [5.74, 6) is 0.367. The van der Waals surface area contributed by atoms with Crippen LogP contribution in [-0.4, -0.2) is 41.9 Å². The summed E-state index contributed by atoms with van der Waals surface area (Å²) in [5.41, 5.74) is 3.62. The van der Waals surface area contributed by atoms with Crippen molar-refractivity contribution in [2.45, 2.75) is 13.0 Å². The molecule has 38 heavy (non-hydrogen) atoms. The fourth-order valence-corrected chi connectivity index (χ4v) is 4.31. The minimum Gasteiger partial charge on any atom is -0.489 e. The highest BCUT2D eigenvalue weighted by atomic mass is 16.6. The number of benzene rings is 3. The Labute approximate surface area is 221 Å². The molecule has 8 heteroatoms. The summed E-state index contributed by atoms with van der Waals surface area (Å²) < 4.78 is 5.97. The number of nitrogens with zero attached hydrogens (tertiary/aromatic N) is 4. The number of anilines is 1. The molecular weight excluding hydrogens is 480 g/mol. The first-order valence-corrected chi connectivity index (χ1v) is 12.3. The van der Waals surface area contributed by atoms with Gasteiger partial charge in [-0.1, -0.05) is 30.3 Å². The van der Waals surface area contributed by atoms with E-state index in [1.807, 2.05) is 24.3 Å². The van der Waals surface area contributed by atoms with E-state index in [1.54, 1.807) is 41.3 Å². The predicted octanol–water partition coefficient (Wildman–Crippen LogP) is 5.16. The maximum atomic E-state index is 13.1. The van der Waals surface area contributed by atoms with Crippen LogP contribution < -0.4 is 9.64 Å². The van der Waals surface area contributed by atoms with Crippen LogP contribution in [0.5, 0.6) is 5.75 Å². The zero-order valence-electron chi connectivity index (χ0n) is 21.0. The van der Waals surface area contributed by atoms with E-state index < -0.39 is 4.92 Å². The average Bonchev–Trinajstić information content (AvgIpc) is 2.96. The second-order valence-electron chi connectivity index (χ2n) is 8.86. The Balaban J connectivity index is 1.43. The van der Waals surface area contributed by atoms with E-state index in [4.69, 9.17) is 4.74 Å². The minimum absolute atomic E-state index is 0.0261. The molecular formula is C30H28N4O4. The van der Waals surface area contributed by atoms with Crippen molar-refractivity contribution in [1.29, 1.82) is 5.26 Å². The Kier molecular flexibility index (Phi) is 8.52. The van der Waals surface area contributed by atoms with Gasteiger partial charge in [-0.05, 0) is 65.6 Å². The van der Waals surface area contributed by atoms with E-state index in [0.29, 0.717) is 38.3 Å². The van der Waals surface area contributed by atoms with E-state index >= 15 is 0 Å². The fourth-order valence-electron chi connectivity index (χ4n) is 4.31. The standard InChI is InChI=1S/C30H28N4O4/c1-2-6-25-19-24(11-14-29(25)38-22-23-9-12-28(13-10-23)34(36)37)20-26(21-31)30(35)33-17-15-32(16-18-33)27-7-4-3-5-8-27/h2-5,7-14,19-20H,1,6,15-18,22H2/b26-20-. The van der Waals surface area contributed by atoms with E-state index in [9.17, 15) is 20.2 Å². The van der Waals surface area contributed by atoms with Crippen LogP contribution in [-0.2, 0) is 17.8 Å². The normalized spacial score (nSPS) is 13.5. The lowest BCUT2D eigenvalue weighted by molar-refractivity contribution is -0.384. The summed E-state index contributed by atoms with van der Waals surface area (Å²) in [4.78, 5) is 27.5. The molecule has 1 saturated heterocycles. The fraction of sp³-hybridized carbons (Fsp3) is 0.200. The Morgan fingerprint density at radius 1 is 1.05 bits per heavy atom. The Bertz CT molecular complexity index is 1370. The molecule has 1 aliphatic rings. The van der Waals surface area contributed by atoms with Gasteiger partial charge >= 0.3 is 0 Å². The van der Waals surface area contributed by atoms with Gasteiger partial charge in [0.2, 0.25) is 0 Å². The number of nitro groups is 1. The van der Waals surface area contributed by atoms with Gasteiger partial charge in [0.05, 0.1) is 4.92 Å². The van der Waals surface area contributed by atoms with Gasteiger partial charge in [-0.3, -0.25) is 14.9 Å². The molecule has 0 unspecified atom stereocenters. The summed E-state index contributed by atoms with van der Waals surface area (Å²) >= 11 is 0. The number of ether oxygens (including phenoxy) is 1. The predicted molar refractivity (Wildman–Crippen MR) is 147 cm³/mol. The number of para-hydroxylation sites is 1. The zero-order chi connectivity index (χ0) is 26.9. The second-order valence-corrected chi connectivity index (χ2v) is 8.86. The topological polar surface area (TPSA) is 99.7 Å². The highest BCUT2D eigenvalue weighted by Gasteiger charge is 2.24. The Hall–Kier alpha value is -4.90. The number of rotatable bonds is 9. The summed E-state index contributed by atoms with van der Waals surface area (Å²) in [6.45, 7) is 6.56. The van der Waals surface area contributed by atoms with Gasteiger partial charge in [0.1, 0.15) is 24.0 Å². The van der Waals surface area contributed by atoms with Crippen LogP contribution in [0.3, 0.4) is 0 Å². The average molecular weight is 509 g/mol. The number of piperazine rings is 1. The Morgan fingerprint density at radius 3 is 2.39 bits per heavy atom. The lowest BCUT2D eigenvalue weighted by Gasteiger charge is -2.36. The molecule has 0 saturated carbocycles. The van der Waals surface area contributed by atoms with Crippen LogP contribution in [0.2, 0.25) is 0 Å². The zero-order valence-corrected chi connectivity index (χ0v) is 21.0. The molecule has 192 valence electrons. The summed E-state index contributed by atoms with van der Waals surface area (Å²) in [6, 6.07) is 23.8. The van der Waals surface area contributed by atoms with E-state index in [2.05, 4.69) is 29.7 Å². The first-order valence-electron chi connectivity index (χ1n) is 12.3. The number of amides is 1. The largest absolute Gasteiger partial charge is 0.489 e. The van der Waals surface area contributed by atoms with Crippen LogP contribution >= 0.6 is 0 Å². The first kappa shape index (κ1) is 26.2. The molecule has 0 aromatic heterocycles. The van der Waals surface area contributed by atoms with Crippen molar-refractivity contribution in [3.8, 4) is 11.8 Å². The molecule has 1 aliphatic heterocycles. The number of carbonyl (C=O) groups excluding carboxylic acids is 1. The van der Waals surface area contributed by atoms with Crippen molar-refractivity contribution >= 4 is 23.4 Å². The van der Waals surface area contributed by atoms with Crippen LogP contribution in [0.4, 0.5) is 11.4 Å². The van der Waals surface area contributed by atoms with Crippen LogP contribution in [0.15, 0.2) is 91.0 Å². The van der Waals surface area contributed by atoms with E-state index in [1.165, 1.54) is 12.1 Å². The summed E-state index contributed by atoms with van der Waals surface area (Å²) in [5, 5.41) is 20.6. The third-order valence-corrected chi connectivity index (χ3v) is 6.34. The number of non-ortho nitro benzene ring substituents is 1. The molecule has 3 aromatic carbocycles. The van der Waals surface area contributed by atoms with E-state index in [0.717, 1.165) is 22.4 Å². The Morgan fingerprint density at radius 2 is 1.76 bits per heavy atom. The molecule has 8 nitrogen and oxygen atoms in total. The monoisotopic (exact) mass is 508 g/mol. The van der Waals surface area contributed by atoms with Gasteiger partial charge < -0.3 is 14.5 Å². The molecule has 0 spiro atoms. The van der Waals surface area contributed by atoms with Gasteiger partial charge in [0, 0.05) is 44.0 Å². The number of hydrogen-bond acceptors (Lipinski definition) is 6. The third kappa shape index (κ3) is 6.45. The maximum Gasteiger partial charge on any atom is 0.269 e. The number of carbonyl (C=O) groups is 1. The highest BCUT2D eigenvalue weighted by molar-refractivity contribution is 6.01. The molecule has 0 N–H and O–H groups in total. The van der Waals surface area contributed by atoms with Gasteiger partial charge in [-0.15, -0.1) is 6.58 Å². The van der Waals surface area contributed by atoms with Gasteiger partial charge in [-0.2, -0.15) is 5.26 Å². The number of allylic oxidation sites excluding steroid dienone is 1. The van der Waals surface area contributed by atoms with Crippen molar-refractivity contribution in [1.82, 2.24) is 4.90 Å². The maximum absolute atomic E-state index is 13.1. The van der Waals surface area contributed by atoms with Gasteiger partial charge in [-0.25, -0.2) is 0 Å². The van der Waals surface area contributed by atoms with Crippen LogP contribution in [0.1, 0.15) is 16.7 Å². The third-order valence-electron chi connectivity index (χ3n) is 6.34. The molecule has 1 fully saturated rings. The van der Waals surface area contributed by atoms with Crippen LogP contribution in [0, 0.1) is 21.4 Å². The van der Waals surface area contributed by atoms with Crippen molar-refractivity contribution in [3.05, 3.63) is 118 Å². The minimum atomic E-state index is -0.441. The van der Waals surface area contributed by atoms with Gasteiger partial charge in [0.25, 0.3) is 11.6 Å². The lowest BCUT2D eigenvalue weighted by Crippen LogP contribution is -2.49. The van der Waals surface area contributed by atoms with Gasteiger partial charge in [0.15, 0.2) is 0 Å². The van der Waals surface area contributed by atoms with Crippen LogP contribution in [0.25, 0.3) is 6.08 Å². The molecule has 0 radical (unpaired) electrons. The molecule has 4 rings (SSSR count). The molecule has 0 bridgehead atoms. The van der Waals surface area contributed by atoms with Crippen molar-refractivity contribution in [2.75, 3.05) is 31.1 Å². The highest BCUT2D eigenvalue weighted by Crippen LogP contribution is 2.25.